The van der Waals surface area contributed by atoms with Gasteiger partial charge in [-0.25, -0.2) is 0 Å². The number of carbonyl (C=O) groups excluding carboxylic acids is 2. The summed E-state index contributed by atoms with van der Waals surface area (Å²) in [5.74, 6) is -0.191. The molecule has 1 heterocycles. The van der Waals surface area contributed by atoms with Crippen LogP contribution in [0.15, 0.2) is 71.4 Å². The Morgan fingerprint density at radius 1 is 0.926 bits per heavy atom. The molecule has 1 N–H and O–H groups in total. The lowest BCUT2D eigenvalue weighted by molar-refractivity contribution is 0.0940. The van der Waals surface area contributed by atoms with Gasteiger partial charge in [-0.15, -0.1) is 0 Å². The number of nitrogens with zero attached hydrogens (tertiary/aromatic N) is 1. The van der Waals surface area contributed by atoms with E-state index in [1.165, 1.54) is 5.56 Å². The summed E-state index contributed by atoms with van der Waals surface area (Å²) in [5.41, 5.74) is 2.94. The predicted octanol–water partition coefficient (Wildman–Crippen LogP) is 4.01. The first-order valence-corrected chi connectivity index (χ1v) is 9.67. The minimum atomic E-state index is -0.143. The lowest BCUT2D eigenvalue weighted by Gasteiger charge is -2.24. The van der Waals surface area contributed by atoms with Gasteiger partial charge in [0.15, 0.2) is 5.78 Å². The molecule has 0 aliphatic heterocycles. The molecule has 5 heteroatoms. The molecule has 1 atom stereocenters. The smallest absolute Gasteiger partial charge is 0.251 e. The Labute approximate surface area is 163 Å². The Morgan fingerprint density at radius 3 is 2.15 bits per heavy atom. The number of hydrogen-bond acceptors (Lipinski definition) is 4. The summed E-state index contributed by atoms with van der Waals surface area (Å²) in [5, 5.41) is 7.12. The monoisotopic (exact) mass is 378 g/mol. The highest BCUT2D eigenvalue weighted by Crippen LogP contribution is 2.20. The zero-order valence-electron chi connectivity index (χ0n) is 15.4. The fourth-order valence-corrected chi connectivity index (χ4v) is 3.59. The van der Waals surface area contributed by atoms with Crippen molar-refractivity contribution in [3.8, 4) is 0 Å². The quantitative estimate of drug-likeness (QED) is 0.632. The fourth-order valence-electron chi connectivity index (χ4n) is 2.88. The van der Waals surface area contributed by atoms with Crippen molar-refractivity contribution in [1.29, 1.82) is 0 Å². The Balaban J connectivity index is 1.64. The van der Waals surface area contributed by atoms with Crippen molar-refractivity contribution in [2.75, 3.05) is 20.6 Å². The summed E-state index contributed by atoms with van der Waals surface area (Å²) in [6, 6.07) is 18.1. The van der Waals surface area contributed by atoms with Gasteiger partial charge in [0.2, 0.25) is 0 Å². The van der Waals surface area contributed by atoms with Gasteiger partial charge in [-0.05, 0) is 48.6 Å². The molecule has 1 unspecified atom stereocenters. The van der Waals surface area contributed by atoms with E-state index in [4.69, 9.17) is 0 Å². The van der Waals surface area contributed by atoms with E-state index in [1.807, 2.05) is 37.7 Å². The molecule has 0 spiro atoms. The normalized spacial score (nSPS) is 12.0. The molecule has 1 aromatic heterocycles. The molecule has 2 aromatic carbocycles. The van der Waals surface area contributed by atoms with Crippen molar-refractivity contribution in [1.82, 2.24) is 10.2 Å². The molecule has 3 rings (SSSR count). The molecular formula is C22H22N2O2S. The summed E-state index contributed by atoms with van der Waals surface area (Å²) >= 11 is 1.65. The molecule has 0 saturated carbocycles. The van der Waals surface area contributed by atoms with E-state index in [0.717, 1.165) is 0 Å². The SMILES string of the molecule is CN(C)C(CNC(=O)c1ccc(C(=O)c2ccccc2)cc1)c1ccsc1. The zero-order chi connectivity index (χ0) is 19.2. The van der Waals surface area contributed by atoms with Crippen LogP contribution in [-0.2, 0) is 0 Å². The molecule has 27 heavy (non-hydrogen) atoms. The van der Waals surface area contributed by atoms with E-state index in [0.29, 0.717) is 23.2 Å². The van der Waals surface area contributed by atoms with E-state index in [1.54, 1.807) is 47.7 Å². The molecule has 0 saturated heterocycles. The van der Waals surface area contributed by atoms with E-state index >= 15 is 0 Å². The fraction of sp³-hybridized carbons (Fsp3) is 0.182. The maximum absolute atomic E-state index is 12.5. The highest BCUT2D eigenvalue weighted by atomic mass is 32.1. The van der Waals surface area contributed by atoms with Crippen LogP contribution in [0.3, 0.4) is 0 Å². The largest absolute Gasteiger partial charge is 0.350 e. The Hall–Kier alpha value is -2.76. The maximum atomic E-state index is 12.5. The van der Waals surface area contributed by atoms with Gasteiger partial charge in [0.1, 0.15) is 0 Å². The third kappa shape index (κ3) is 4.70. The first-order chi connectivity index (χ1) is 13.1. The Kier molecular flexibility index (Phi) is 6.16. The average Bonchev–Trinajstić information content (AvgIpc) is 3.22. The third-order valence-corrected chi connectivity index (χ3v) is 5.15. The van der Waals surface area contributed by atoms with Crippen LogP contribution >= 0.6 is 11.3 Å². The number of ketones is 1. The topological polar surface area (TPSA) is 49.4 Å². The summed E-state index contributed by atoms with van der Waals surface area (Å²) in [7, 11) is 4.00. The number of thiophene rings is 1. The van der Waals surface area contributed by atoms with E-state index < -0.39 is 0 Å². The summed E-state index contributed by atoms with van der Waals surface area (Å²) in [6.07, 6.45) is 0. The molecular weight excluding hydrogens is 356 g/mol. The molecule has 0 radical (unpaired) electrons. The number of benzene rings is 2. The molecule has 0 bridgehead atoms. The van der Waals surface area contributed by atoms with Crippen LogP contribution in [-0.4, -0.2) is 37.2 Å². The third-order valence-electron chi connectivity index (χ3n) is 4.45. The van der Waals surface area contributed by atoms with Crippen LogP contribution in [0, 0.1) is 0 Å². The van der Waals surface area contributed by atoms with Crippen molar-refractivity contribution in [2.45, 2.75) is 6.04 Å². The molecule has 4 nitrogen and oxygen atoms in total. The summed E-state index contributed by atoms with van der Waals surface area (Å²) in [6.45, 7) is 0.521. The standard InChI is InChI=1S/C22H22N2O2S/c1-24(2)20(19-12-13-27-15-19)14-23-22(26)18-10-8-17(9-11-18)21(25)16-6-4-3-5-7-16/h3-13,15,20H,14H2,1-2H3,(H,23,26). The van der Waals surface area contributed by atoms with Crippen molar-refractivity contribution < 1.29 is 9.59 Å². The highest BCUT2D eigenvalue weighted by Gasteiger charge is 2.16. The van der Waals surface area contributed by atoms with Crippen LogP contribution in [0.5, 0.6) is 0 Å². The molecule has 1 amide bonds. The molecule has 0 aliphatic rings. The van der Waals surface area contributed by atoms with Crippen LogP contribution in [0.1, 0.15) is 37.9 Å². The lowest BCUT2D eigenvalue weighted by atomic mass is 10.0. The van der Waals surface area contributed by atoms with Gasteiger partial charge in [-0.3, -0.25) is 9.59 Å². The van der Waals surface area contributed by atoms with Gasteiger partial charge in [-0.2, -0.15) is 11.3 Å². The molecule has 138 valence electrons. The minimum absolute atomic E-state index is 0.0484. The molecule has 3 aromatic rings. The van der Waals surface area contributed by atoms with Crippen LogP contribution < -0.4 is 5.32 Å². The van der Waals surface area contributed by atoms with Gasteiger partial charge in [-0.1, -0.05) is 42.5 Å². The number of likely N-dealkylation sites (N-methyl/N-ethyl adjacent to an activating group) is 1. The van der Waals surface area contributed by atoms with Gasteiger partial charge in [0, 0.05) is 23.2 Å². The zero-order valence-corrected chi connectivity index (χ0v) is 16.2. The molecule has 0 fully saturated rings. The second kappa shape index (κ2) is 8.75. The van der Waals surface area contributed by atoms with Gasteiger partial charge < -0.3 is 10.2 Å². The van der Waals surface area contributed by atoms with Gasteiger partial charge in [0.05, 0.1) is 6.04 Å². The maximum Gasteiger partial charge on any atom is 0.251 e. The second-order valence-electron chi connectivity index (χ2n) is 6.52. The van der Waals surface area contributed by atoms with E-state index in [-0.39, 0.29) is 17.7 Å². The van der Waals surface area contributed by atoms with Crippen LogP contribution in [0.4, 0.5) is 0 Å². The van der Waals surface area contributed by atoms with Crippen LogP contribution in [0.25, 0.3) is 0 Å². The predicted molar refractivity (Wildman–Crippen MR) is 109 cm³/mol. The highest BCUT2D eigenvalue weighted by molar-refractivity contribution is 7.07. The number of nitrogens with one attached hydrogen (secondary N) is 1. The van der Waals surface area contributed by atoms with Crippen molar-refractivity contribution in [3.05, 3.63) is 93.7 Å². The number of hydrogen-bond donors (Lipinski definition) is 1. The summed E-state index contributed by atoms with van der Waals surface area (Å²) in [4.78, 5) is 27.0. The number of carbonyl (C=O) groups is 2. The first kappa shape index (κ1) is 19.0. The number of amides is 1. The number of rotatable bonds is 7. The second-order valence-corrected chi connectivity index (χ2v) is 7.30. The van der Waals surface area contributed by atoms with Gasteiger partial charge in [0.25, 0.3) is 5.91 Å². The van der Waals surface area contributed by atoms with Crippen molar-refractivity contribution >= 4 is 23.0 Å². The Morgan fingerprint density at radius 2 is 1.56 bits per heavy atom. The van der Waals surface area contributed by atoms with E-state index in [9.17, 15) is 9.59 Å². The van der Waals surface area contributed by atoms with Crippen LogP contribution in [0.2, 0.25) is 0 Å². The van der Waals surface area contributed by atoms with Crippen molar-refractivity contribution in [3.63, 3.8) is 0 Å². The van der Waals surface area contributed by atoms with Crippen molar-refractivity contribution in [2.24, 2.45) is 0 Å². The molecule has 0 aliphatic carbocycles. The minimum Gasteiger partial charge on any atom is -0.350 e. The average molecular weight is 378 g/mol. The first-order valence-electron chi connectivity index (χ1n) is 8.73. The lowest BCUT2D eigenvalue weighted by Crippen LogP contribution is -2.34. The van der Waals surface area contributed by atoms with E-state index in [2.05, 4.69) is 21.7 Å². The Bertz CT molecular complexity index is 888. The summed E-state index contributed by atoms with van der Waals surface area (Å²) < 4.78 is 0. The van der Waals surface area contributed by atoms with Gasteiger partial charge >= 0.3 is 0 Å².